The molecular formula is C16H14BrClFN5O2S. The van der Waals surface area contributed by atoms with Crippen LogP contribution in [0.2, 0.25) is 5.28 Å². The first-order valence-corrected chi connectivity index (χ1v) is 9.80. The van der Waals surface area contributed by atoms with E-state index in [1.807, 2.05) is 0 Å². The Bertz CT molecular complexity index is 1000. The van der Waals surface area contributed by atoms with Gasteiger partial charge in [0.05, 0.1) is 15.4 Å². The van der Waals surface area contributed by atoms with Crippen LogP contribution in [0, 0.1) is 5.82 Å². The van der Waals surface area contributed by atoms with E-state index in [1.54, 1.807) is 13.0 Å². The van der Waals surface area contributed by atoms with Crippen LogP contribution in [0.25, 0.3) is 10.2 Å². The molecule has 7 nitrogen and oxygen atoms in total. The third kappa shape index (κ3) is 4.63. The number of fused-ring (bicyclic) bond motifs is 1. The van der Waals surface area contributed by atoms with Crippen molar-refractivity contribution < 1.29 is 14.3 Å². The summed E-state index contributed by atoms with van der Waals surface area (Å²) in [6.07, 6.45) is 2.06. The maximum atomic E-state index is 13.8. The molecule has 3 aromatic heterocycles. The fourth-order valence-electron chi connectivity index (χ4n) is 2.49. The van der Waals surface area contributed by atoms with Crippen molar-refractivity contribution in [1.29, 1.82) is 0 Å². The van der Waals surface area contributed by atoms with Crippen molar-refractivity contribution in [1.82, 2.24) is 20.3 Å². The lowest BCUT2D eigenvalue weighted by Crippen LogP contribution is -2.32. The molecule has 3 aromatic rings. The van der Waals surface area contributed by atoms with Gasteiger partial charge in [0.15, 0.2) is 0 Å². The van der Waals surface area contributed by atoms with Gasteiger partial charge in [-0.2, -0.15) is 4.98 Å². The number of amides is 1. The molecule has 11 heteroatoms. The Morgan fingerprint density at radius 2 is 2.26 bits per heavy atom. The fraction of sp³-hybridized carbons (Fsp3) is 0.250. The third-order valence-electron chi connectivity index (χ3n) is 3.68. The molecule has 1 amide bonds. The fourth-order valence-corrected chi connectivity index (χ4v) is 4.70. The number of halogens is 3. The summed E-state index contributed by atoms with van der Waals surface area (Å²) in [6.45, 7) is 1.98. The van der Waals surface area contributed by atoms with Gasteiger partial charge in [-0.15, -0.1) is 11.3 Å². The zero-order valence-electron chi connectivity index (χ0n) is 14.0. The Balaban J connectivity index is 1.90. The number of anilines is 1. The molecule has 3 rings (SSSR count). The van der Waals surface area contributed by atoms with Crippen molar-refractivity contribution in [2.75, 3.05) is 5.32 Å². The molecule has 0 fully saturated rings. The quantitative estimate of drug-likeness (QED) is 0.456. The highest BCUT2D eigenvalue weighted by atomic mass is 79.9. The topological polar surface area (TPSA) is 100 Å². The average Bonchev–Trinajstić information content (AvgIpc) is 2.89. The Labute approximate surface area is 171 Å². The number of pyridine rings is 1. The second-order valence-corrected chi connectivity index (χ2v) is 7.97. The molecule has 0 saturated carbocycles. The molecule has 0 aliphatic carbocycles. The van der Waals surface area contributed by atoms with E-state index in [-0.39, 0.29) is 17.9 Å². The van der Waals surface area contributed by atoms with E-state index in [0.29, 0.717) is 23.3 Å². The van der Waals surface area contributed by atoms with Crippen LogP contribution >= 0.6 is 38.9 Å². The summed E-state index contributed by atoms with van der Waals surface area (Å²) in [5.41, 5.74) is 1.07. The SMILES string of the molecule is CC(Cc1sc2c(NCc3ccncc3F)nc(Cl)nc2c1Br)NC(=O)O. The van der Waals surface area contributed by atoms with Crippen molar-refractivity contribution in [3.8, 4) is 0 Å². The zero-order valence-corrected chi connectivity index (χ0v) is 17.1. The van der Waals surface area contributed by atoms with Gasteiger partial charge in [-0.25, -0.2) is 14.2 Å². The number of carbonyl (C=O) groups is 1. The molecule has 142 valence electrons. The van der Waals surface area contributed by atoms with Crippen molar-refractivity contribution in [2.45, 2.75) is 25.9 Å². The van der Waals surface area contributed by atoms with Gasteiger partial charge in [-0.1, -0.05) is 0 Å². The molecule has 0 bridgehead atoms. The number of carboxylic acid groups (broad SMARTS) is 1. The van der Waals surface area contributed by atoms with Crippen molar-refractivity contribution in [3.05, 3.63) is 44.5 Å². The lowest BCUT2D eigenvalue weighted by molar-refractivity contribution is 0.191. The number of thiophene rings is 1. The summed E-state index contributed by atoms with van der Waals surface area (Å²) >= 11 is 11.0. The maximum absolute atomic E-state index is 13.8. The Morgan fingerprint density at radius 1 is 1.48 bits per heavy atom. The Morgan fingerprint density at radius 3 is 2.96 bits per heavy atom. The van der Waals surface area contributed by atoms with Gasteiger partial charge in [-0.3, -0.25) is 4.98 Å². The van der Waals surface area contributed by atoms with Crippen LogP contribution in [-0.4, -0.2) is 32.2 Å². The van der Waals surface area contributed by atoms with E-state index >= 15 is 0 Å². The van der Waals surface area contributed by atoms with E-state index < -0.39 is 11.9 Å². The predicted molar refractivity (Wildman–Crippen MR) is 106 cm³/mol. The van der Waals surface area contributed by atoms with E-state index in [9.17, 15) is 9.18 Å². The average molecular weight is 475 g/mol. The molecule has 3 N–H and O–H groups in total. The van der Waals surface area contributed by atoms with Gasteiger partial charge >= 0.3 is 6.09 Å². The van der Waals surface area contributed by atoms with Crippen molar-refractivity contribution >= 4 is 61.0 Å². The molecule has 0 spiro atoms. The van der Waals surface area contributed by atoms with Crippen LogP contribution in [0.3, 0.4) is 0 Å². The molecule has 0 radical (unpaired) electrons. The van der Waals surface area contributed by atoms with Crippen LogP contribution < -0.4 is 10.6 Å². The molecular weight excluding hydrogens is 461 g/mol. The lowest BCUT2D eigenvalue weighted by Gasteiger charge is -2.09. The highest BCUT2D eigenvalue weighted by molar-refractivity contribution is 9.10. The zero-order chi connectivity index (χ0) is 19.6. The van der Waals surface area contributed by atoms with Crippen molar-refractivity contribution in [2.24, 2.45) is 0 Å². The summed E-state index contributed by atoms with van der Waals surface area (Å²) in [6, 6.07) is 1.30. The summed E-state index contributed by atoms with van der Waals surface area (Å²) in [5.74, 6) is 0.0695. The third-order valence-corrected chi connectivity index (χ3v) is 6.17. The highest BCUT2D eigenvalue weighted by Crippen LogP contribution is 2.39. The van der Waals surface area contributed by atoms with Gasteiger partial charge < -0.3 is 15.7 Å². The van der Waals surface area contributed by atoms with Crippen LogP contribution in [0.5, 0.6) is 0 Å². The van der Waals surface area contributed by atoms with Crippen molar-refractivity contribution in [3.63, 3.8) is 0 Å². The van der Waals surface area contributed by atoms with Crippen LogP contribution in [0.15, 0.2) is 22.9 Å². The van der Waals surface area contributed by atoms with Crippen LogP contribution in [0.4, 0.5) is 15.0 Å². The largest absolute Gasteiger partial charge is 0.465 e. The Hall–Kier alpha value is -2.04. The normalized spacial score (nSPS) is 12.1. The number of hydrogen-bond acceptors (Lipinski definition) is 6. The lowest BCUT2D eigenvalue weighted by atomic mass is 10.2. The summed E-state index contributed by atoms with van der Waals surface area (Å²) < 4.78 is 15.3. The molecule has 1 unspecified atom stereocenters. The predicted octanol–water partition coefficient (Wildman–Crippen LogP) is 4.45. The van der Waals surface area contributed by atoms with Crippen LogP contribution in [0.1, 0.15) is 17.4 Å². The second kappa shape index (κ2) is 8.32. The van der Waals surface area contributed by atoms with E-state index in [2.05, 4.69) is 41.5 Å². The number of rotatable bonds is 6. The minimum atomic E-state index is -1.08. The highest BCUT2D eigenvalue weighted by Gasteiger charge is 2.19. The summed E-state index contributed by atoms with van der Waals surface area (Å²) in [4.78, 5) is 23.9. The second-order valence-electron chi connectivity index (χ2n) is 5.73. The Kier molecular flexibility index (Phi) is 6.08. The molecule has 0 aromatic carbocycles. The number of nitrogens with one attached hydrogen (secondary N) is 2. The molecule has 0 aliphatic heterocycles. The monoisotopic (exact) mass is 473 g/mol. The molecule has 0 saturated heterocycles. The van der Waals surface area contributed by atoms with E-state index in [1.165, 1.54) is 17.5 Å². The first kappa shape index (κ1) is 19.7. The van der Waals surface area contributed by atoms with E-state index in [4.69, 9.17) is 16.7 Å². The van der Waals surface area contributed by atoms with Gasteiger partial charge in [-0.05, 0) is 40.5 Å². The first-order valence-electron chi connectivity index (χ1n) is 7.81. The summed E-state index contributed by atoms with van der Waals surface area (Å²) in [7, 11) is 0. The van der Waals surface area contributed by atoms with Gasteiger partial charge in [0.2, 0.25) is 5.28 Å². The van der Waals surface area contributed by atoms with Crippen LogP contribution in [-0.2, 0) is 13.0 Å². The first-order chi connectivity index (χ1) is 12.8. The number of aromatic nitrogens is 3. The standard InChI is InChI=1S/C16H14BrClFN5O2S/c1-7(22-16(25)26)4-10-11(17)12-13(27-10)14(24-15(18)23-12)21-5-8-2-3-20-6-9(8)19/h2-3,6-7,22H,4-5H2,1H3,(H,25,26)(H,21,23,24). The van der Waals surface area contributed by atoms with Gasteiger partial charge in [0, 0.05) is 35.6 Å². The molecule has 0 aliphatic rings. The van der Waals surface area contributed by atoms with Gasteiger partial charge in [0.25, 0.3) is 0 Å². The van der Waals surface area contributed by atoms with Gasteiger partial charge in [0.1, 0.15) is 17.2 Å². The molecule has 3 heterocycles. The smallest absolute Gasteiger partial charge is 0.404 e. The minimum absolute atomic E-state index is 0.0574. The molecule has 27 heavy (non-hydrogen) atoms. The molecule has 1 atom stereocenters. The number of nitrogens with zero attached hydrogens (tertiary/aromatic N) is 3. The number of hydrogen-bond donors (Lipinski definition) is 3. The summed E-state index contributed by atoms with van der Waals surface area (Å²) in [5, 5.41) is 14.4. The maximum Gasteiger partial charge on any atom is 0.404 e. The van der Waals surface area contributed by atoms with E-state index in [0.717, 1.165) is 20.2 Å². The minimum Gasteiger partial charge on any atom is -0.465 e.